The van der Waals surface area contributed by atoms with E-state index in [0.29, 0.717) is 0 Å². The lowest BCUT2D eigenvalue weighted by Crippen LogP contribution is -2.14. The van der Waals surface area contributed by atoms with Crippen molar-refractivity contribution in [3.05, 3.63) is 45.7 Å². The molecule has 1 fully saturated rings. The van der Waals surface area contributed by atoms with Crippen LogP contribution in [0.4, 0.5) is 4.39 Å². The Balaban J connectivity index is 1.58. The monoisotopic (exact) mass is 308 g/mol. The van der Waals surface area contributed by atoms with Gasteiger partial charge in [0, 0.05) is 22.4 Å². The van der Waals surface area contributed by atoms with Crippen LogP contribution in [0.25, 0.3) is 0 Å². The highest BCUT2D eigenvalue weighted by Crippen LogP contribution is 2.28. The van der Waals surface area contributed by atoms with Crippen molar-refractivity contribution in [1.29, 1.82) is 0 Å². The second-order valence-electron chi connectivity index (χ2n) is 5.02. The van der Waals surface area contributed by atoms with Crippen LogP contribution in [0.15, 0.2) is 29.2 Å². The van der Waals surface area contributed by atoms with Crippen molar-refractivity contribution in [3.63, 3.8) is 0 Å². The lowest BCUT2D eigenvalue weighted by Gasteiger charge is -1.99. The Morgan fingerprint density at radius 1 is 1.45 bits per heavy atom. The Morgan fingerprint density at radius 2 is 2.30 bits per heavy atom. The molecule has 1 aliphatic carbocycles. The number of nitrogens with one attached hydrogen (secondary N) is 1. The molecule has 0 saturated heterocycles. The summed E-state index contributed by atoms with van der Waals surface area (Å²) < 4.78 is 13.1. The lowest BCUT2D eigenvalue weighted by atomic mass is 10.4. The third-order valence-corrected chi connectivity index (χ3v) is 5.57. The highest BCUT2D eigenvalue weighted by molar-refractivity contribution is 7.98. The third-order valence-electron chi connectivity index (χ3n) is 3.22. The molecule has 20 heavy (non-hydrogen) atoms. The van der Waals surface area contributed by atoms with Gasteiger partial charge in [-0.05, 0) is 38.0 Å². The van der Waals surface area contributed by atoms with Crippen LogP contribution in [0.3, 0.4) is 0 Å². The topological polar surface area (TPSA) is 24.9 Å². The first kappa shape index (κ1) is 14.0. The maximum atomic E-state index is 13.1. The fourth-order valence-corrected chi connectivity index (χ4v) is 3.89. The van der Waals surface area contributed by atoms with Crippen molar-refractivity contribution in [3.8, 4) is 0 Å². The Hall–Kier alpha value is -0.910. The van der Waals surface area contributed by atoms with Gasteiger partial charge in [0.2, 0.25) is 0 Å². The first-order valence-electron chi connectivity index (χ1n) is 6.77. The van der Waals surface area contributed by atoms with Crippen LogP contribution in [-0.4, -0.2) is 11.0 Å². The normalized spacial score (nSPS) is 14.7. The van der Waals surface area contributed by atoms with Crippen LogP contribution in [0.5, 0.6) is 0 Å². The molecule has 0 aliphatic heterocycles. The number of aryl methyl sites for hydroxylation is 1. The Kier molecular flexibility index (Phi) is 4.38. The minimum absolute atomic E-state index is 0.181. The van der Waals surface area contributed by atoms with Crippen LogP contribution in [-0.2, 0) is 12.3 Å². The fraction of sp³-hybridized carbons (Fsp3) is 0.400. The molecule has 1 saturated carbocycles. The molecular weight excluding hydrogens is 291 g/mol. The molecule has 0 amide bonds. The zero-order valence-corrected chi connectivity index (χ0v) is 13.0. The van der Waals surface area contributed by atoms with Crippen LogP contribution in [0.2, 0.25) is 0 Å². The van der Waals surface area contributed by atoms with Gasteiger partial charge in [-0.15, -0.1) is 23.1 Å². The summed E-state index contributed by atoms with van der Waals surface area (Å²) in [5.74, 6) is 0.623. The van der Waals surface area contributed by atoms with Gasteiger partial charge >= 0.3 is 0 Å². The number of thioether (sulfide) groups is 1. The average molecular weight is 308 g/mol. The maximum Gasteiger partial charge on any atom is 0.124 e. The summed E-state index contributed by atoms with van der Waals surface area (Å²) in [6, 6.07) is 7.45. The van der Waals surface area contributed by atoms with Crippen LogP contribution in [0, 0.1) is 12.7 Å². The smallest absolute Gasteiger partial charge is 0.124 e. The summed E-state index contributed by atoms with van der Waals surface area (Å²) >= 11 is 3.40. The summed E-state index contributed by atoms with van der Waals surface area (Å²) in [5.41, 5.74) is 1.12. The number of hydrogen-bond acceptors (Lipinski definition) is 4. The van der Waals surface area contributed by atoms with Gasteiger partial charge in [-0.3, -0.25) is 0 Å². The summed E-state index contributed by atoms with van der Waals surface area (Å²) in [6.07, 6.45) is 2.61. The fourth-order valence-electron chi connectivity index (χ4n) is 1.94. The second-order valence-corrected chi connectivity index (χ2v) is 7.23. The van der Waals surface area contributed by atoms with E-state index in [-0.39, 0.29) is 5.82 Å². The summed E-state index contributed by atoms with van der Waals surface area (Å²) in [6.45, 7) is 3.00. The van der Waals surface area contributed by atoms with E-state index in [1.54, 1.807) is 35.2 Å². The first-order valence-corrected chi connectivity index (χ1v) is 8.58. The van der Waals surface area contributed by atoms with Crippen molar-refractivity contribution in [2.24, 2.45) is 0 Å². The average Bonchev–Trinajstić information content (AvgIpc) is 3.18. The summed E-state index contributed by atoms with van der Waals surface area (Å²) in [5, 5.41) is 4.64. The molecule has 0 bridgehead atoms. The van der Waals surface area contributed by atoms with Gasteiger partial charge in [-0.2, -0.15) is 0 Å². The number of aromatic nitrogens is 1. The molecule has 0 spiro atoms. The number of nitrogens with zero attached hydrogens (tertiary/aromatic N) is 1. The van der Waals surface area contributed by atoms with E-state index in [1.807, 2.05) is 6.07 Å². The van der Waals surface area contributed by atoms with Crippen molar-refractivity contribution in [1.82, 2.24) is 10.3 Å². The quantitative estimate of drug-likeness (QED) is 0.812. The molecule has 1 aromatic carbocycles. The first-order chi connectivity index (χ1) is 9.70. The molecule has 0 atom stereocenters. The summed E-state index contributed by atoms with van der Waals surface area (Å²) in [4.78, 5) is 6.89. The van der Waals surface area contributed by atoms with Gasteiger partial charge in [-0.1, -0.05) is 6.07 Å². The van der Waals surface area contributed by atoms with E-state index in [4.69, 9.17) is 0 Å². The Morgan fingerprint density at radius 3 is 3.05 bits per heavy atom. The number of rotatable bonds is 6. The highest BCUT2D eigenvalue weighted by atomic mass is 32.2. The van der Waals surface area contributed by atoms with E-state index < -0.39 is 0 Å². The van der Waals surface area contributed by atoms with E-state index in [9.17, 15) is 4.39 Å². The van der Waals surface area contributed by atoms with E-state index in [1.165, 1.54) is 23.8 Å². The second kappa shape index (κ2) is 6.24. The predicted molar refractivity (Wildman–Crippen MR) is 82.7 cm³/mol. The molecule has 3 rings (SSSR count). The molecule has 1 N–H and O–H groups in total. The van der Waals surface area contributed by atoms with E-state index in [2.05, 4.69) is 17.2 Å². The molecule has 1 aromatic heterocycles. The van der Waals surface area contributed by atoms with Gasteiger partial charge in [0.1, 0.15) is 10.8 Å². The van der Waals surface area contributed by atoms with Crippen molar-refractivity contribution >= 4 is 23.1 Å². The maximum absolute atomic E-state index is 13.1. The number of halogens is 1. The molecule has 106 valence electrons. The SMILES string of the molecule is Cc1nc(CSc2cccc(F)c2)sc1CNC1CC1. The van der Waals surface area contributed by atoms with E-state index in [0.717, 1.165) is 33.9 Å². The Bertz CT molecular complexity index is 593. The van der Waals surface area contributed by atoms with Gasteiger partial charge in [0.15, 0.2) is 0 Å². The van der Waals surface area contributed by atoms with Gasteiger partial charge in [0.05, 0.1) is 11.4 Å². The standard InChI is InChI=1S/C15H17FN2S2/c1-10-14(8-17-12-5-6-12)20-15(18-10)9-19-13-4-2-3-11(16)7-13/h2-4,7,12,17H,5-6,8-9H2,1H3. The van der Waals surface area contributed by atoms with Crippen molar-refractivity contribution in [2.75, 3.05) is 0 Å². The van der Waals surface area contributed by atoms with Gasteiger partial charge < -0.3 is 5.32 Å². The molecule has 1 aliphatic rings. The number of benzene rings is 1. The predicted octanol–water partition coefficient (Wildman–Crippen LogP) is 4.13. The number of thiazole rings is 1. The number of hydrogen-bond donors (Lipinski definition) is 1. The molecule has 2 aromatic rings. The summed E-state index contributed by atoms with van der Waals surface area (Å²) in [7, 11) is 0. The minimum atomic E-state index is -0.181. The molecular formula is C15H17FN2S2. The van der Waals surface area contributed by atoms with Crippen LogP contribution < -0.4 is 5.32 Å². The molecule has 2 nitrogen and oxygen atoms in total. The zero-order valence-electron chi connectivity index (χ0n) is 11.4. The lowest BCUT2D eigenvalue weighted by molar-refractivity contribution is 0.624. The van der Waals surface area contributed by atoms with Gasteiger partial charge in [0.25, 0.3) is 0 Å². The highest BCUT2D eigenvalue weighted by Gasteiger charge is 2.21. The van der Waals surface area contributed by atoms with Crippen LogP contribution in [0.1, 0.15) is 28.4 Å². The molecule has 5 heteroatoms. The molecule has 0 unspecified atom stereocenters. The van der Waals surface area contributed by atoms with Gasteiger partial charge in [-0.25, -0.2) is 9.37 Å². The Labute approximate surface area is 126 Å². The minimum Gasteiger partial charge on any atom is -0.309 e. The van der Waals surface area contributed by atoms with Crippen molar-refractivity contribution < 1.29 is 4.39 Å². The molecule has 0 radical (unpaired) electrons. The van der Waals surface area contributed by atoms with Crippen LogP contribution >= 0.6 is 23.1 Å². The van der Waals surface area contributed by atoms with Crippen molar-refractivity contribution in [2.45, 2.75) is 43.0 Å². The zero-order chi connectivity index (χ0) is 13.9. The largest absolute Gasteiger partial charge is 0.309 e. The van der Waals surface area contributed by atoms with E-state index >= 15 is 0 Å². The molecule has 1 heterocycles. The third kappa shape index (κ3) is 3.81.